The van der Waals surface area contributed by atoms with Gasteiger partial charge in [0.15, 0.2) is 0 Å². The van der Waals surface area contributed by atoms with Crippen molar-refractivity contribution >= 4 is 29.3 Å². The fourth-order valence-corrected chi connectivity index (χ4v) is 2.53. The van der Waals surface area contributed by atoms with Gasteiger partial charge in [0.25, 0.3) is 0 Å². The predicted octanol–water partition coefficient (Wildman–Crippen LogP) is 0.498. The molecular weight excluding hydrogens is 240 g/mol. The Morgan fingerprint density at radius 3 is 2.88 bits per heavy atom. The van der Waals surface area contributed by atoms with Crippen LogP contribution in [0.5, 0.6) is 0 Å². The number of hydrogen-bond acceptors (Lipinski definition) is 4. The largest absolute Gasteiger partial charge is 0.323 e. The topological polar surface area (TPSA) is 78.1 Å². The van der Waals surface area contributed by atoms with E-state index in [0.717, 1.165) is 11.4 Å². The number of nitrogens with one attached hydrogen (secondary N) is 2. The highest BCUT2D eigenvalue weighted by atomic mass is 32.2. The van der Waals surface area contributed by atoms with E-state index in [2.05, 4.69) is 15.5 Å². The molecule has 2 amide bonds. The summed E-state index contributed by atoms with van der Waals surface area (Å²) in [6, 6.07) is 0. The lowest BCUT2D eigenvalue weighted by Gasteiger charge is -2.14. The molecule has 0 atom stereocenters. The van der Waals surface area contributed by atoms with E-state index in [1.807, 2.05) is 13.8 Å². The van der Waals surface area contributed by atoms with Crippen molar-refractivity contribution in [3.05, 3.63) is 11.4 Å². The van der Waals surface area contributed by atoms with Crippen molar-refractivity contribution in [1.82, 2.24) is 15.1 Å². The molecule has 1 fully saturated rings. The van der Waals surface area contributed by atoms with Crippen molar-refractivity contribution in [3.8, 4) is 0 Å². The lowest BCUT2D eigenvalue weighted by Crippen LogP contribution is -2.34. The van der Waals surface area contributed by atoms with E-state index in [-0.39, 0.29) is 18.4 Å². The Labute approximate surface area is 103 Å². The van der Waals surface area contributed by atoms with Crippen LogP contribution in [0.15, 0.2) is 0 Å². The highest BCUT2D eigenvalue weighted by Gasteiger charge is 2.23. The zero-order chi connectivity index (χ0) is 12.4. The maximum atomic E-state index is 11.8. The summed E-state index contributed by atoms with van der Waals surface area (Å²) in [4.78, 5) is 24.7. The number of aryl methyl sites for hydroxylation is 2. The van der Waals surface area contributed by atoms with E-state index in [1.165, 1.54) is 11.8 Å². The normalized spacial score (nSPS) is 15.4. The van der Waals surface area contributed by atoms with E-state index < -0.39 is 0 Å². The number of carbonyl (C=O) groups is 2. The lowest BCUT2D eigenvalue weighted by molar-refractivity contribution is -0.130. The van der Waals surface area contributed by atoms with Crippen molar-refractivity contribution in [2.45, 2.75) is 13.8 Å². The predicted molar refractivity (Wildman–Crippen MR) is 65.7 cm³/mol. The minimum atomic E-state index is -0.187. The Hall–Kier alpha value is -1.50. The molecule has 0 aromatic carbocycles. The van der Waals surface area contributed by atoms with Crippen LogP contribution in [-0.2, 0) is 9.59 Å². The van der Waals surface area contributed by atoms with Gasteiger partial charge >= 0.3 is 0 Å². The fourth-order valence-electron chi connectivity index (χ4n) is 1.63. The first kappa shape index (κ1) is 12.0. The van der Waals surface area contributed by atoms with E-state index >= 15 is 0 Å². The summed E-state index contributed by atoms with van der Waals surface area (Å²) < 4.78 is 0. The summed E-state index contributed by atoms with van der Waals surface area (Å²) in [5.74, 6) is 0.895. The summed E-state index contributed by atoms with van der Waals surface area (Å²) in [7, 11) is 0. The van der Waals surface area contributed by atoms with Crippen LogP contribution in [0.3, 0.4) is 0 Å². The number of hydrogen-bond donors (Lipinski definition) is 2. The lowest BCUT2D eigenvalue weighted by atomic mass is 10.3. The van der Waals surface area contributed by atoms with Gasteiger partial charge in [0.1, 0.15) is 6.54 Å². The molecule has 0 bridgehead atoms. The number of aromatic nitrogens is 2. The maximum absolute atomic E-state index is 11.8. The highest BCUT2D eigenvalue weighted by Crippen LogP contribution is 2.17. The molecule has 1 aromatic heterocycles. The maximum Gasteiger partial charge on any atom is 0.244 e. The van der Waals surface area contributed by atoms with Crippen LogP contribution in [0.1, 0.15) is 11.4 Å². The number of rotatable bonds is 3. The minimum absolute atomic E-state index is 0.0192. The van der Waals surface area contributed by atoms with Crippen LogP contribution >= 0.6 is 11.8 Å². The van der Waals surface area contributed by atoms with Crippen molar-refractivity contribution in [3.63, 3.8) is 0 Å². The van der Waals surface area contributed by atoms with Crippen LogP contribution < -0.4 is 5.32 Å². The van der Waals surface area contributed by atoms with Gasteiger partial charge in [0, 0.05) is 0 Å². The number of aromatic amines is 1. The van der Waals surface area contributed by atoms with Crippen LogP contribution in [-0.4, -0.2) is 45.1 Å². The van der Waals surface area contributed by atoms with Crippen molar-refractivity contribution in [2.75, 3.05) is 23.5 Å². The smallest absolute Gasteiger partial charge is 0.244 e. The van der Waals surface area contributed by atoms with Crippen LogP contribution in [0, 0.1) is 13.8 Å². The molecule has 0 radical (unpaired) electrons. The van der Waals surface area contributed by atoms with Gasteiger partial charge in [-0.25, -0.2) is 0 Å². The van der Waals surface area contributed by atoms with Gasteiger partial charge < -0.3 is 10.2 Å². The van der Waals surface area contributed by atoms with E-state index in [9.17, 15) is 9.59 Å². The summed E-state index contributed by atoms with van der Waals surface area (Å²) in [6.45, 7) is 3.76. The zero-order valence-corrected chi connectivity index (χ0v) is 10.6. The summed E-state index contributed by atoms with van der Waals surface area (Å²) in [5.41, 5.74) is 2.27. The molecule has 6 nitrogen and oxygen atoms in total. The number of thioether (sulfide) groups is 1. The number of anilines is 1. The second-order valence-electron chi connectivity index (χ2n) is 3.93. The molecule has 2 rings (SSSR count). The molecule has 0 saturated carbocycles. The third kappa shape index (κ3) is 2.60. The Kier molecular flexibility index (Phi) is 3.37. The molecule has 1 aliphatic heterocycles. The fraction of sp³-hybridized carbons (Fsp3) is 0.500. The third-order valence-corrected chi connectivity index (χ3v) is 3.50. The molecule has 2 N–H and O–H groups in total. The summed E-state index contributed by atoms with van der Waals surface area (Å²) >= 11 is 1.52. The molecule has 17 heavy (non-hydrogen) atoms. The second kappa shape index (κ2) is 4.79. The summed E-state index contributed by atoms with van der Waals surface area (Å²) in [6.07, 6.45) is 0. The highest BCUT2D eigenvalue weighted by molar-refractivity contribution is 8.00. The first-order chi connectivity index (χ1) is 8.08. The Bertz CT molecular complexity index is 438. The monoisotopic (exact) mass is 254 g/mol. The minimum Gasteiger partial charge on any atom is -0.323 e. The first-order valence-electron chi connectivity index (χ1n) is 5.25. The zero-order valence-electron chi connectivity index (χ0n) is 9.74. The van der Waals surface area contributed by atoms with Crippen molar-refractivity contribution in [1.29, 1.82) is 0 Å². The molecule has 0 unspecified atom stereocenters. The number of carbonyl (C=O) groups excluding carboxylic acids is 2. The van der Waals surface area contributed by atoms with Gasteiger partial charge in [-0.05, 0) is 13.8 Å². The van der Waals surface area contributed by atoms with E-state index in [0.29, 0.717) is 17.3 Å². The quantitative estimate of drug-likeness (QED) is 0.823. The summed E-state index contributed by atoms with van der Waals surface area (Å²) in [5, 5.41) is 9.56. The molecule has 1 saturated heterocycles. The SMILES string of the molecule is Cc1n[nH]c(C)c1NC(=O)CN1CSCC1=O. The first-order valence-corrected chi connectivity index (χ1v) is 6.40. The van der Waals surface area contributed by atoms with Gasteiger partial charge in [0.05, 0.1) is 28.7 Å². The van der Waals surface area contributed by atoms with Gasteiger partial charge in [-0.15, -0.1) is 11.8 Å². The number of amides is 2. The van der Waals surface area contributed by atoms with E-state index in [1.54, 1.807) is 4.90 Å². The molecule has 92 valence electrons. The van der Waals surface area contributed by atoms with Crippen molar-refractivity contribution in [2.24, 2.45) is 0 Å². The molecule has 1 aromatic rings. The molecule has 7 heteroatoms. The van der Waals surface area contributed by atoms with Gasteiger partial charge in [-0.3, -0.25) is 14.7 Å². The van der Waals surface area contributed by atoms with Crippen LogP contribution in [0.2, 0.25) is 0 Å². The molecular formula is C10H14N4O2S. The number of H-pyrrole nitrogens is 1. The Balaban J connectivity index is 1.96. The second-order valence-corrected chi connectivity index (χ2v) is 4.88. The van der Waals surface area contributed by atoms with Crippen LogP contribution in [0.4, 0.5) is 5.69 Å². The Morgan fingerprint density at radius 1 is 1.59 bits per heavy atom. The Morgan fingerprint density at radius 2 is 2.35 bits per heavy atom. The van der Waals surface area contributed by atoms with Crippen LogP contribution in [0.25, 0.3) is 0 Å². The average Bonchev–Trinajstić information content (AvgIpc) is 2.80. The van der Waals surface area contributed by atoms with Crippen molar-refractivity contribution < 1.29 is 9.59 Å². The van der Waals surface area contributed by atoms with Gasteiger partial charge in [0.2, 0.25) is 11.8 Å². The average molecular weight is 254 g/mol. The molecule has 0 aliphatic carbocycles. The standard InChI is InChI=1S/C10H14N4O2S/c1-6-10(7(2)13-12-6)11-8(15)3-14-5-17-4-9(14)16/h3-5H2,1-2H3,(H,11,15)(H,12,13). The molecule has 0 spiro atoms. The number of nitrogens with zero attached hydrogens (tertiary/aromatic N) is 2. The van der Waals surface area contributed by atoms with Gasteiger partial charge in [-0.2, -0.15) is 5.10 Å². The van der Waals surface area contributed by atoms with E-state index in [4.69, 9.17) is 0 Å². The molecule has 2 heterocycles. The van der Waals surface area contributed by atoms with Gasteiger partial charge in [-0.1, -0.05) is 0 Å². The molecule has 1 aliphatic rings. The third-order valence-electron chi connectivity index (χ3n) is 2.55.